The summed E-state index contributed by atoms with van der Waals surface area (Å²) in [7, 11) is 1.81. The van der Waals surface area contributed by atoms with Gasteiger partial charge in [0.1, 0.15) is 5.82 Å². The average molecular weight is 329 g/mol. The van der Waals surface area contributed by atoms with Gasteiger partial charge in [-0.05, 0) is 37.5 Å². The molecule has 0 saturated carbocycles. The van der Waals surface area contributed by atoms with E-state index in [1.165, 1.54) is 5.56 Å². The summed E-state index contributed by atoms with van der Waals surface area (Å²) in [6, 6.07) is 4.65. The molecule has 6 heteroatoms. The molecule has 2 N–H and O–H groups in total. The molecule has 0 radical (unpaired) electrons. The van der Waals surface area contributed by atoms with Crippen LogP contribution in [0.25, 0.3) is 0 Å². The third-order valence-electron chi connectivity index (χ3n) is 4.41. The molecule has 2 heterocycles. The number of nitrogens with one attached hydrogen (secondary N) is 2. The predicted octanol–water partition coefficient (Wildman–Crippen LogP) is 1.69. The summed E-state index contributed by atoms with van der Waals surface area (Å²) >= 11 is 0. The van der Waals surface area contributed by atoms with Crippen LogP contribution < -0.4 is 15.5 Å². The van der Waals surface area contributed by atoms with Gasteiger partial charge >= 0.3 is 0 Å². The third-order valence-corrected chi connectivity index (χ3v) is 4.41. The number of hydrogen-bond donors (Lipinski definition) is 2. The Hall–Kier alpha value is -2.08. The zero-order valence-electron chi connectivity index (χ0n) is 14.5. The number of aromatic nitrogens is 1. The van der Waals surface area contributed by atoms with Crippen LogP contribution in [0, 0.1) is 0 Å². The van der Waals surface area contributed by atoms with E-state index in [2.05, 4.69) is 50.7 Å². The van der Waals surface area contributed by atoms with Crippen molar-refractivity contribution in [1.29, 1.82) is 0 Å². The fraction of sp³-hybridized carbons (Fsp3) is 0.556. The summed E-state index contributed by atoms with van der Waals surface area (Å²) < 4.78 is 5.61. The lowest BCUT2D eigenvalue weighted by atomic mass is 10.2. The van der Waals surface area contributed by atoms with Gasteiger partial charge in [0.05, 0.1) is 12.7 Å². The molecule has 6 nitrogen and oxygen atoms in total. The molecule has 0 spiro atoms. The van der Waals surface area contributed by atoms with Crippen molar-refractivity contribution >= 4 is 11.8 Å². The van der Waals surface area contributed by atoms with Crippen molar-refractivity contribution in [2.75, 3.05) is 31.6 Å². The van der Waals surface area contributed by atoms with Gasteiger partial charge < -0.3 is 20.3 Å². The minimum Gasteiger partial charge on any atom is -0.375 e. The molecule has 130 valence electrons. The van der Waals surface area contributed by atoms with E-state index in [-0.39, 0.29) is 6.10 Å². The average Bonchev–Trinajstić information content (AvgIpc) is 3.12. The van der Waals surface area contributed by atoms with Crippen LogP contribution in [0.1, 0.15) is 25.3 Å². The molecular weight excluding hydrogens is 302 g/mol. The highest BCUT2D eigenvalue weighted by Crippen LogP contribution is 2.16. The van der Waals surface area contributed by atoms with Gasteiger partial charge in [-0.25, -0.2) is 4.98 Å². The first-order chi connectivity index (χ1) is 11.7. The molecule has 1 aliphatic heterocycles. The van der Waals surface area contributed by atoms with Crippen molar-refractivity contribution in [3.8, 4) is 0 Å². The topological polar surface area (TPSA) is 61.8 Å². The molecule has 1 aromatic heterocycles. The Bertz CT molecular complexity index is 593. The van der Waals surface area contributed by atoms with Crippen molar-refractivity contribution in [1.82, 2.24) is 15.6 Å². The number of ether oxygens (including phenoxy) is 1. The molecule has 2 aliphatic rings. The number of hydrogen-bond acceptors (Lipinski definition) is 4. The second kappa shape index (κ2) is 8.15. The number of guanidine groups is 1. The van der Waals surface area contributed by atoms with Crippen LogP contribution in [0.2, 0.25) is 0 Å². The molecule has 1 aromatic rings. The lowest BCUT2D eigenvalue weighted by Crippen LogP contribution is -2.42. The maximum atomic E-state index is 5.61. The maximum absolute atomic E-state index is 5.61. The van der Waals surface area contributed by atoms with E-state index in [1.54, 1.807) is 0 Å². The smallest absolute Gasteiger partial charge is 0.191 e. The number of aliphatic imine (C=N–C) groups is 1. The molecule has 0 amide bonds. The van der Waals surface area contributed by atoms with Crippen LogP contribution in [-0.4, -0.2) is 49.8 Å². The summed E-state index contributed by atoms with van der Waals surface area (Å²) in [4.78, 5) is 11.1. The Kier molecular flexibility index (Phi) is 5.69. The quantitative estimate of drug-likeness (QED) is 0.500. The van der Waals surface area contributed by atoms with Crippen LogP contribution in [-0.2, 0) is 11.3 Å². The Morgan fingerprint density at radius 2 is 2.25 bits per heavy atom. The first kappa shape index (κ1) is 16.8. The summed E-state index contributed by atoms with van der Waals surface area (Å²) in [6.07, 6.45) is 8.69. The van der Waals surface area contributed by atoms with Gasteiger partial charge in [-0.15, -0.1) is 0 Å². The zero-order valence-corrected chi connectivity index (χ0v) is 14.5. The molecule has 0 bridgehead atoms. The first-order valence-electron chi connectivity index (χ1n) is 8.68. The van der Waals surface area contributed by atoms with Crippen molar-refractivity contribution in [3.63, 3.8) is 0 Å². The van der Waals surface area contributed by atoms with Crippen molar-refractivity contribution < 1.29 is 4.74 Å². The van der Waals surface area contributed by atoms with E-state index in [1.807, 2.05) is 19.3 Å². The third kappa shape index (κ3) is 4.47. The normalized spacial score (nSPS) is 22.0. The molecule has 1 fully saturated rings. The number of rotatable bonds is 4. The van der Waals surface area contributed by atoms with Gasteiger partial charge in [-0.2, -0.15) is 0 Å². The summed E-state index contributed by atoms with van der Waals surface area (Å²) in [5.74, 6) is 1.87. The van der Waals surface area contributed by atoms with Gasteiger partial charge in [-0.1, -0.05) is 12.2 Å². The zero-order chi connectivity index (χ0) is 16.8. The molecule has 1 saturated heterocycles. The van der Waals surface area contributed by atoms with Gasteiger partial charge in [0.15, 0.2) is 5.96 Å². The molecule has 1 atom stereocenters. The van der Waals surface area contributed by atoms with Crippen LogP contribution in [0.4, 0.5) is 5.82 Å². The predicted molar refractivity (Wildman–Crippen MR) is 97.4 cm³/mol. The minimum absolute atomic E-state index is 0.255. The number of pyridine rings is 1. The fourth-order valence-electron chi connectivity index (χ4n) is 3.08. The second-order valence-electron chi connectivity index (χ2n) is 6.36. The molecular formula is C18H27N5O. The highest BCUT2D eigenvalue weighted by Gasteiger charge is 2.18. The van der Waals surface area contributed by atoms with Crippen LogP contribution in [0.3, 0.4) is 0 Å². The molecule has 24 heavy (non-hydrogen) atoms. The number of morpholine rings is 1. The lowest BCUT2D eigenvalue weighted by Gasteiger charge is -2.32. The highest BCUT2D eigenvalue weighted by atomic mass is 16.5. The minimum atomic E-state index is 0.255. The summed E-state index contributed by atoms with van der Waals surface area (Å²) in [5, 5.41) is 6.85. The standard InChI is InChI=1S/C18H27N5O/c1-14-13-23(9-10-24-14)17-11-15(7-8-20-17)12-21-18(19-2)22-16-5-3-4-6-16/h3-4,7-8,11,14,16H,5-6,9-10,12-13H2,1-2H3,(H2,19,21,22). The van der Waals surface area contributed by atoms with Crippen molar-refractivity contribution in [2.45, 2.75) is 38.5 Å². The van der Waals surface area contributed by atoms with E-state index in [0.29, 0.717) is 6.04 Å². The van der Waals surface area contributed by atoms with E-state index >= 15 is 0 Å². The van der Waals surface area contributed by atoms with E-state index in [0.717, 1.165) is 50.9 Å². The van der Waals surface area contributed by atoms with Crippen molar-refractivity contribution in [2.24, 2.45) is 4.99 Å². The Morgan fingerprint density at radius 3 is 3.00 bits per heavy atom. The van der Waals surface area contributed by atoms with Gasteiger partial charge in [-0.3, -0.25) is 4.99 Å². The lowest BCUT2D eigenvalue weighted by molar-refractivity contribution is 0.0529. The summed E-state index contributed by atoms with van der Waals surface area (Å²) in [5.41, 5.74) is 1.20. The van der Waals surface area contributed by atoms with Crippen LogP contribution >= 0.6 is 0 Å². The SMILES string of the molecule is CN=C(NCc1ccnc(N2CCOC(C)C2)c1)NC1CC=CC1. The molecule has 1 unspecified atom stereocenters. The first-order valence-corrected chi connectivity index (χ1v) is 8.68. The van der Waals surface area contributed by atoms with Crippen LogP contribution in [0.15, 0.2) is 35.5 Å². The van der Waals surface area contributed by atoms with Gasteiger partial charge in [0.2, 0.25) is 0 Å². The second-order valence-corrected chi connectivity index (χ2v) is 6.36. The van der Waals surface area contributed by atoms with E-state index in [9.17, 15) is 0 Å². The molecule has 1 aliphatic carbocycles. The highest BCUT2D eigenvalue weighted by molar-refractivity contribution is 5.80. The van der Waals surface area contributed by atoms with Gasteiger partial charge in [0, 0.05) is 38.9 Å². The Balaban J connectivity index is 1.55. The van der Waals surface area contributed by atoms with E-state index < -0.39 is 0 Å². The number of anilines is 1. The molecule has 0 aromatic carbocycles. The van der Waals surface area contributed by atoms with Crippen LogP contribution in [0.5, 0.6) is 0 Å². The monoisotopic (exact) mass is 329 g/mol. The Morgan fingerprint density at radius 1 is 1.42 bits per heavy atom. The van der Waals surface area contributed by atoms with Crippen molar-refractivity contribution in [3.05, 3.63) is 36.0 Å². The fourth-order valence-corrected chi connectivity index (χ4v) is 3.08. The van der Waals surface area contributed by atoms with Gasteiger partial charge in [0.25, 0.3) is 0 Å². The molecule has 3 rings (SSSR count). The summed E-state index contributed by atoms with van der Waals surface area (Å²) in [6.45, 7) is 5.38. The Labute approximate surface area is 144 Å². The van der Waals surface area contributed by atoms with E-state index in [4.69, 9.17) is 4.74 Å². The number of nitrogens with zero attached hydrogens (tertiary/aromatic N) is 3. The largest absolute Gasteiger partial charge is 0.375 e. The maximum Gasteiger partial charge on any atom is 0.191 e.